The van der Waals surface area contributed by atoms with Crippen molar-refractivity contribution < 1.29 is 14.3 Å². The Hall–Kier alpha value is -2.93. The largest absolute Gasteiger partial charge is 0.444 e. The van der Waals surface area contributed by atoms with Crippen LogP contribution in [0.15, 0.2) is 36.7 Å². The molecule has 186 valence electrons. The zero-order chi connectivity index (χ0) is 24.8. The lowest BCUT2D eigenvalue weighted by molar-refractivity contribution is -0.0366. The number of fused-ring (bicyclic) bond motifs is 1. The molecule has 7 nitrogen and oxygen atoms in total. The molecule has 1 aliphatic carbocycles. The number of amides is 1. The fourth-order valence-corrected chi connectivity index (χ4v) is 4.88. The van der Waals surface area contributed by atoms with Crippen LogP contribution in [0.2, 0.25) is 0 Å². The van der Waals surface area contributed by atoms with Gasteiger partial charge in [-0.3, -0.25) is 4.98 Å². The summed E-state index contributed by atoms with van der Waals surface area (Å²) in [4.78, 5) is 17.2. The van der Waals surface area contributed by atoms with Crippen LogP contribution >= 0.6 is 0 Å². The summed E-state index contributed by atoms with van der Waals surface area (Å²) in [6, 6.07) is 8.43. The molecule has 5 rings (SSSR count). The van der Waals surface area contributed by atoms with Gasteiger partial charge in [0.25, 0.3) is 0 Å². The second-order valence-electron chi connectivity index (χ2n) is 11.3. The number of hydrogen-bond acceptors (Lipinski definition) is 5. The number of rotatable bonds is 5. The van der Waals surface area contributed by atoms with Gasteiger partial charge in [0, 0.05) is 23.8 Å². The summed E-state index contributed by atoms with van der Waals surface area (Å²) in [6.07, 6.45) is 9.15. The molecule has 1 saturated carbocycles. The van der Waals surface area contributed by atoms with Crippen molar-refractivity contribution in [1.29, 1.82) is 0 Å². The summed E-state index contributed by atoms with van der Waals surface area (Å²) >= 11 is 0. The maximum Gasteiger partial charge on any atom is 0.408 e. The third-order valence-corrected chi connectivity index (χ3v) is 6.81. The number of benzene rings is 1. The van der Waals surface area contributed by atoms with Crippen LogP contribution in [0.4, 0.5) is 4.79 Å². The molecule has 2 aliphatic rings. The molecule has 0 radical (unpaired) electrons. The highest BCUT2D eigenvalue weighted by Gasteiger charge is 2.31. The van der Waals surface area contributed by atoms with Crippen molar-refractivity contribution in [3.63, 3.8) is 0 Å². The third-order valence-electron chi connectivity index (χ3n) is 6.81. The fourth-order valence-electron chi connectivity index (χ4n) is 4.88. The Labute approximate surface area is 207 Å². The minimum Gasteiger partial charge on any atom is -0.444 e. The van der Waals surface area contributed by atoms with Crippen LogP contribution in [0.25, 0.3) is 22.2 Å². The van der Waals surface area contributed by atoms with Gasteiger partial charge in [-0.25, -0.2) is 9.48 Å². The lowest BCUT2D eigenvalue weighted by Crippen LogP contribution is -2.43. The normalized spacial score (nSPS) is 19.1. The summed E-state index contributed by atoms with van der Waals surface area (Å²) in [5.41, 5.74) is 4.34. The summed E-state index contributed by atoms with van der Waals surface area (Å²) in [5.74, 6) is 0.547. The average molecular weight is 477 g/mol. The molecule has 2 fully saturated rings. The number of pyridine rings is 1. The molecule has 1 unspecified atom stereocenters. The molecule has 35 heavy (non-hydrogen) atoms. The lowest BCUT2D eigenvalue weighted by Gasteiger charge is -2.29. The van der Waals surface area contributed by atoms with Gasteiger partial charge in [0.05, 0.1) is 22.9 Å². The number of nitrogens with one attached hydrogen (secondary N) is 1. The van der Waals surface area contributed by atoms with Crippen molar-refractivity contribution in [1.82, 2.24) is 20.1 Å². The SMILES string of the molecule is CC(C)(C)OC(=O)NC(C)(C)c1ccc(-c2ccc3c(cnn3C3CCCCO3)c2C2CC2)nc1. The van der Waals surface area contributed by atoms with E-state index in [4.69, 9.17) is 19.6 Å². The number of aromatic nitrogens is 3. The highest BCUT2D eigenvalue weighted by atomic mass is 16.6. The molecular weight excluding hydrogens is 440 g/mol. The monoisotopic (exact) mass is 476 g/mol. The number of alkyl carbamates (subject to hydrolysis) is 1. The van der Waals surface area contributed by atoms with Crippen LogP contribution in [0.1, 0.15) is 90.0 Å². The van der Waals surface area contributed by atoms with Gasteiger partial charge < -0.3 is 14.8 Å². The highest BCUT2D eigenvalue weighted by molar-refractivity contribution is 5.90. The van der Waals surface area contributed by atoms with E-state index in [0.29, 0.717) is 5.92 Å². The Morgan fingerprint density at radius 3 is 2.49 bits per heavy atom. The fraction of sp³-hybridized carbons (Fsp3) is 0.536. The van der Waals surface area contributed by atoms with Crippen molar-refractivity contribution in [3.8, 4) is 11.3 Å². The van der Waals surface area contributed by atoms with Crippen LogP contribution < -0.4 is 5.32 Å². The predicted octanol–water partition coefficient (Wildman–Crippen LogP) is 6.43. The van der Waals surface area contributed by atoms with Gasteiger partial charge in [0.15, 0.2) is 6.23 Å². The Balaban J connectivity index is 1.43. The maximum atomic E-state index is 12.3. The van der Waals surface area contributed by atoms with Gasteiger partial charge in [0.2, 0.25) is 0 Å². The van der Waals surface area contributed by atoms with E-state index >= 15 is 0 Å². The average Bonchev–Trinajstić information content (AvgIpc) is 3.55. The van der Waals surface area contributed by atoms with Gasteiger partial charge in [-0.05, 0) is 95.9 Å². The Morgan fingerprint density at radius 1 is 1.06 bits per heavy atom. The number of carbonyl (C=O) groups is 1. The Bertz CT molecular complexity index is 1210. The second-order valence-corrected chi connectivity index (χ2v) is 11.3. The summed E-state index contributed by atoms with van der Waals surface area (Å²) < 4.78 is 13.5. The Morgan fingerprint density at radius 2 is 1.86 bits per heavy atom. The summed E-state index contributed by atoms with van der Waals surface area (Å²) in [6.45, 7) is 10.3. The van der Waals surface area contributed by atoms with Crippen LogP contribution in [0.5, 0.6) is 0 Å². The first-order valence-electron chi connectivity index (χ1n) is 12.7. The lowest BCUT2D eigenvalue weighted by atomic mass is 9.93. The molecule has 1 atom stereocenters. The first kappa shape index (κ1) is 23.8. The van der Waals surface area contributed by atoms with Crippen molar-refractivity contribution in [2.24, 2.45) is 0 Å². The molecule has 1 saturated heterocycles. The van der Waals surface area contributed by atoms with E-state index < -0.39 is 17.2 Å². The van der Waals surface area contributed by atoms with Crippen LogP contribution in [0, 0.1) is 0 Å². The number of hydrogen-bond donors (Lipinski definition) is 1. The number of ether oxygens (including phenoxy) is 2. The van der Waals surface area contributed by atoms with Gasteiger partial charge in [-0.2, -0.15) is 5.10 Å². The molecule has 1 amide bonds. The van der Waals surface area contributed by atoms with E-state index in [2.05, 4.69) is 28.2 Å². The molecule has 1 aromatic carbocycles. The summed E-state index contributed by atoms with van der Waals surface area (Å²) in [5, 5.41) is 8.91. The van der Waals surface area contributed by atoms with E-state index in [1.807, 2.05) is 53.1 Å². The van der Waals surface area contributed by atoms with Crippen molar-refractivity contribution in [2.75, 3.05) is 6.61 Å². The molecule has 0 spiro atoms. The molecule has 7 heteroatoms. The zero-order valence-corrected chi connectivity index (χ0v) is 21.4. The molecular formula is C28H36N4O3. The van der Waals surface area contributed by atoms with E-state index in [1.165, 1.54) is 30.2 Å². The van der Waals surface area contributed by atoms with Gasteiger partial charge in [-0.1, -0.05) is 12.1 Å². The van der Waals surface area contributed by atoms with Crippen LogP contribution in [-0.2, 0) is 15.0 Å². The van der Waals surface area contributed by atoms with Gasteiger partial charge >= 0.3 is 6.09 Å². The standard InChI is InChI=1S/C28H36N4O3/c1-27(2,3)35-26(33)31-28(4,5)19-11-13-22(29-16-19)20-12-14-23-21(25(20)18-9-10-18)17-30-32(23)24-8-6-7-15-34-24/h11-14,16-18,24H,6-10,15H2,1-5H3,(H,31,33). The van der Waals surface area contributed by atoms with E-state index in [1.54, 1.807) is 0 Å². The zero-order valence-electron chi connectivity index (χ0n) is 21.4. The minimum absolute atomic E-state index is 0.0243. The highest BCUT2D eigenvalue weighted by Crippen LogP contribution is 2.47. The van der Waals surface area contributed by atoms with Crippen LogP contribution in [0.3, 0.4) is 0 Å². The first-order valence-corrected chi connectivity index (χ1v) is 12.7. The number of carbonyl (C=O) groups excluding carboxylic acids is 1. The van der Waals surface area contributed by atoms with Gasteiger partial charge in [0.1, 0.15) is 5.60 Å². The Kier molecular flexibility index (Phi) is 6.08. The van der Waals surface area contributed by atoms with E-state index in [9.17, 15) is 4.79 Å². The van der Waals surface area contributed by atoms with Crippen molar-refractivity contribution in [2.45, 2.75) is 90.0 Å². The summed E-state index contributed by atoms with van der Waals surface area (Å²) in [7, 11) is 0. The molecule has 1 N–H and O–H groups in total. The van der Waals surface area contributed by atoms with E-state index in [0.717, 1.165) is 41.8 Å². The smallest absolute Gasteiger partial charge is 0.408 e. The molecule has 0 bridgehead atoms. The van der Waals surface area contributed by atoms with Crippen LogP contribution in [-0.4, -0.2) is 33.1 Å². The number of nitrogens with zero attached hydrogens (tertiary/aromatic N) is 3. The van der Waals surface area contributed by atoms with Crippen molar-refractivity contribution in [3.05, 3.63) is 47.8 Å². The third kappa shape index (κ3) is 5.06. The first-order chi connectivity index (χ1) is 16.6. The topological polar surface area (TPSA) is 78.3 Å². The molecule has 1 aliphatic heterocycles. The maximum absolute atomic E-state index is 12.3. The molecule has 3 heterocycles. The predicted molar refractivity (Wildman–Crippen MR) is 136 cm³/mol. The quantitative estimate of drug-likeness (QED) is 0.459. The van der Waals surface area contributed by atoms with Crippen molar-refractivity contribution >= 4 is 17.0 Å². The molecule has 3 aromatic rings. The van der Waals surface area contributed by atoms with E-state index in [-0.39, 0.29) is 6.23 Å². The van der Waals surface area contributed by atoms with Gasteiger partial charge in [-0.15, -0.1) is 0 Å². The minimum atomic E-state index is -0.613. The molecule has 2 aromatic heterocycles. The second kappa shape index (κ2) is 8.94.